The number of nitrogens with zero attached hydrogens (tertiary/aromatic N) is 1. The van der Waals surface area contributed by atoms with E-state index in [0.717, 1.165) is 18.0 Å². The molecule has 2 aromatic rings. The number of hydrogen-bond donors (Lipinski definition) is 1. The van der Waals surface area contributed by atoms with Crippen molar-refractivity contribution < 1.29 is 5.11 Å². The smallest absolute Gasteiger partial charge is 0.0681 e. The first-order valence-electron chi connectivity index (χ1n) is 8.86. The molecule has 0 radical (unpaired) electrons. The molecule has 1 saturated carbocycles. The minimum absolute atomic E-state index is 0.126. The molecular formula is C21H25NO. The molecule has 0 spiro atoms. The second kappa shape index (κ2) is 6.46. The van der Waals surface area contributed by atoms with Crippen LogP contribution in [0.1, 0.15) is 59.9 Å². The highest BCUT2D eigenvalue weighted by Gasteiger charge is 2.32. The van der Waals surface area contributed by atoms with Gasteiger partial charge in [-0.25, -0.2) is 0 Å². The summed E-state index contributed by atoms with van der Waals surface area (Å²) in [4.78, 5) is 2.63. The molecule has 120 valence electrons. The van der Waals surface area contributed by atoms with E-state index in [9.17, 15) is 5.11 Å². The summed E-state index contributed by atoms with van der Waals surface area (Å²) in [5, 5.41) is 9.18. The van der Waals surface area contributed by atoms with Gasteiger partial charge < -0.3 is 5.11 Å². The van der Waals surface area contributed by atoms with Crippen LogP contribution >= 0.6 is 0 Å². The van der Waals surface area contributed by atoms with Crippen molar-refractivity contribution in [1.29, 1.82) is 0 Å². The van der Waals surface area contributed by atoms with Gasteiger partial charge in [-0.2, -0.15) is 0 Å². The number of hydrogen-bond acceptors (Lipinski definition) is 2. The highest BCUT2D eigenvalue weighted by molar-refractivity contribution is 5.36. The Morgan fingerprint density at radius 1 is 0.870 bits per heavy atom. The number of aliphatic hydroxyl groups is 1. The Bertz CT molecular complexity index is 660. The first kappa shape index (κ1) is 14.9. The number of likely N-dealkylation sites (tertiary alicyclic amines) is 1. The van der Waals surface area contributed by atoms with Crippen LogP contribution in [0, 0.1) is 0 Å². The van der Waals surface area contributed by atoms with Crippen LogP contribution in [0.3, 0.4) is 0 Å². The van der Waals surface area contributed by atoms with E-state index < -0.39 is 0 Å². The molecule has 1 aliphatic heterocycles. The third-order valence-corrected chi connectivity index (χ3v) is 5.33. The summed E-state index contributed by atoms with van der Waals surface area (Å²) >= 11 is 0. The van der Waals surface area contributed by atoms with Gasteiger partial charge in [-0.15, -0.1) is 0 Å². The van der Waals surface area contributed by atoms with Crippen molar-refractivity contribution >= 4 is 0 Å². The molecule has 2 nitrogen and oxygen atoms in total. The van der Waals surface area contributed by atoms with Crippen LogP contribution in [0.2, 0.25) is 0 Å². The summed E-state index contributed by atoms with van der Waals surface area (Å²) in [6.07, 6.45) is 5.30. The second-order valence-electron chi connectivity index (χ2n) is 7.01. The Labute approximate surface area is 138 Å². The van der Waals surface area contributed by atoms with Gasteiger partial charge in [-0.1, -0.05) is 48.5 Å². The number of rotatable bonds is 5. The Balaban J connectivity index is 1.54. The fourth-order valence-corrected chi connectivity index (χ4v) is 3.93. The predicted octanol–water partition coefficient (Wildman–Crippen LogP) is 4.39. The third kappa shape index (κ3) is 3.19. The zero-order valence-corrected chi connectivity index (χ0v) is 13.6. The van der Waals surface area contributed by atoms with Gasteiger partial charge in [0.15, 0.2) is 0 Å². The van der Waals surface area contributed by atoms with Crippen molar-refractivity contribution in [3.05, 3.63) is 70.8 Å². The fraction of sp³-hybridized carbons (Fsp3) is 0.429. The van der Waals surface area contributed by atoms with Crippen LogP contribution in [0.4, 0.5) is 0 Å². The largest absolute Gasteiger partial charge is 0.392 e. The lowest BCUT2D eigenvalue weighted by atomic mass is 9.95. The third-order valence-electron chi connectivity index (χ3n) is 5.33. The van der Waals surface area contributed by atoms with Crippen molar-refractivity contribution in [3.8, 4) is 0 Å². The zero-order chi connectivity index (χ0) is 15.6. The topological polar surface area (TPSA) is 23.5 Å². The molecule has 1 saturated heterocycles. The molecule has 0 aromatic heterocycles. The second-order valence-corrected chi connectivity index (χ2v) is 7.01. The standard InChI is InChI=1S/C21H25NO/c23-15-17-9-7-16(8-10-17)14-22-13-3-6-21(22)20-5-2-1-4-19(20)18-11-12-18/h1-2,4-5,7-10,18,21,23H,3,6,11-15H2. The van der Waals surface area contributed by atoms with Crippen LogP contribution < -0.4 is 0 Å². The minimum Gasteiger partial charge on any atom is -0.392 e. The van der Waals surface area contributed by atoms with E-state index >= 15 is 0 Å². The van der Waals surface area contributed by atoms with Crippen LogP contribution in [-0.2, 0) is 13.2 Å². The SMILES string of the molecule is OCc1ccc(CN2CCCC2c2ccccc2C2CC2)cc1. The van der Waals surface area contributed by atoms with Gasteiger partial charge in [0.25, 0.3) is 0 Å². The summed E-state index contributed by atoms with van der Waals surface area (Å²) < 4.78 is 0. The predicted molar refractivity (Wildman–Crippen MR) is 93.2 cm³/mol. The summed E-state index contributed by atoms with van der Waals surface area (Å²) in [5.74, 6) is 0.817. The molecule has 0 amide bonds. The lowest BCUT2D eigenvalue weighted by Gasteiger charge is -2.27. The van der Waals surface area contributed by atoms with E-state index in [-0.39, 0.29) is 6.61 Å². The molecule has 0 bridgehead atoms. The summed E-state index contributed by atoms with van der Waals surface area (Å²) in [6.45, 7) is 2.32. The normalized spacial score (nSPS) is 21.7. The Hall–Kier alpha value is -1.64. The zero-order valence-electron chi connectivity index (χ0n) is 13.6. The number of aliphatic hydroxyl groups excluding tert-OH is 1. The van der Waals surface area contributed by atoms with Gasteiger partial charge in [-0.3, -0.25) is 4.90 Å². The average molecular weight is 307 g/mol. The van der Waals surface area contributed by atoms with E-state index in [1.54, 1.807) is 11.1 Å². The minimum atomic E-state index is 0.126. The quantitative estimate of drug-likeness (QED) is 0.885. The first-order valence-corrected chi connectivity index (χ1v) is 8.86. The lowest BCUT2D eigenvalue weighted by Crippen LogP contribution is -2.23. The maximum absolute atomic E-state index is 9.18. The Morgan fingerprint density at radius 2 is 1.57 bits per heavy atom. The van der Waals surface area contributed by atoms with Crippen molar-refractivity contribution in [2.24, 2.45) is 0 Å². The fourth-order valence-electron chi connectivity index (χ4n) is 3.93. The molecular weight excluding hydrogens is 282 g/mol. The average Bonchev–Trinajstić information content (AvgIpc) is 3.35. The van der Waals surface area contributed by atoms with Gasteiger partial charge >= 0.3 is 0 Å². The molecule has 1 heterocycles. The van der Waals surface area contributed by atoms with Crippen LogP contribution in [-0.4, -0.2) is 16.6 Å². The molecule has 1 N–H and O–H groups in total. The molecule has 1 unspecified atom stereocenters. The van der Waals surface area contributed by atoms with Crippen molar-refractivity contribution in [1.82, 2.24) is 4.90 Å². The molecule has 2 heteroatoms. The Morgan fingerprint density at radius 3 is 2.26 bits per heavy atom. The molecule has 1 aliphatic carbocycles. The molecule has 1 atom stereocenters. The van der Waals surface area contributed by atoms with Crippen LogP contribution in [0.25, 0.3) is 0 Å². The maximum Gasteiger partial charge on any atom is 0.0681 e. The molecule has 2 aromatic carbocycles. The first-order chi connectivity index (χ1) is 11.3. The highest BCUT2D eigenvalue weighted by atomic mass is 16.3. The highest BCUT2D eigenvalue weighted by Crippen LogP contribution is 2.45. The molecule has 4 rings (SSSR count). The van der Waals surface area contributed by atoms with E-state index in [1.807, 2.05) is 12.1 Å². The Kier molecular flexibility index (Phi) is 4.19. The van der Waals surface area contributed by atoms with Crippen molar-refractivity contribution in [3.63, 3.8) is 0 Å². The van der Waals surface area contributed by atoms with Gasteiger partial charge in [0.05, 0.1) is 6.61 Å². The van der Waals surface area contributed by atoms with E-state index in [4.69, 9.17) is 0 Å². The number of benzene rings is 2. The lowest BCUT2D eigenvalue weighted by molar-refractivity contribution is 0.247. The van der Waals surface area contributed by atoms with Crippen molar-refractivity contribution in [2.75, 3.05) is 6.54 Å². The molecule has 2 aliphatic rings. The summed E-state index contributed by atoms with van der Waals surface area (Å²) in [7, 11) is 0. The maximum atomic E-state index is 9.18. The van der Waals surface area contributed by atoms with Gasteiger partial charge in [0.2, 0.25) is 0 Å². The van der Waals surface area contributed by atoms with E-state index in [2.05, 4.69) is 41.3 Å². The summed E-state index contributed by atoms with van der Waals surface area (Å²) in [5.41, 5.74) is 5.50. The monoisotopic (exact) mass is 307 g/mol. The van der Waals surface area contributed by atoms with E-state index in [0.29, 0.717) is 6.04 Å². The van der Waals surface area contributed by atoms with Crippen molar-refractivity contribution in [2.45, 2.75) is 50.8 Å². The van der Waals surface area contributed by atoms with Gasteiger partial charge in [0.1, 0.15) is 0 Å². The molecule has 23 heavy (non-hydrogen) atoms. The van der Waals surface area contributed by atoms with Crippen LogP contribution in [0.15, 0.2) is 48.5 Å². The van der Waals surface area contributed by atoms with E-state index in [1.165, 1.54) is 37.8 Å². The molecule has 2 fully saturated rings. The van der Waals surface area contributed by atoms with Gasteiger partial charge in [0, 0.05) is 12.6 Å². The summed E-state index contributed by atoms with van der Waals surface area (Å²) in [6, 6.07) is 18.1. The van der Waals surface area contributed by atoms with Gasteiger partial charge in [-0.05, 0) is 60.4 Å². The van der Waals surface area contributed by atoms with Crippen LogP contribution in [0.5, 0.6) is 0 Å².